The molecule has 8 heteroatoms. The fourth-order valence-corrected chi connectivity index (χ4v) is 3.28. The Bertz CT molecular complexity index is 766. The van der Waals surface area contributed by atoms with Gasteiger partial charge < -0.3 is 14.6 Å². The van der Waals surface area contributed by atoms with Gasteiger partial charge in [-0.05, 0) is 39.7 Å². The SMILES string of the molecule is CC(C)(C)OC(=O)N1CCCC(C(N=N)c2ncnc3[nH]ccc23)C1. The van der Waals surface area contributed by atoms with E-state index in [1.54, 1.807) is 11.1 Å². The van der Waals surface area contributed by atoms with E-state index in [9.17, 15) is 4.79 Å². The number of amides is 1. The molecule has 8 nitrogen and oxygen atoms in total. The number of nitrogens with zero attached hydrogens (tertiary/aromatic N) is 4. The number of hydrogen-bond acceptors (Lipinski definition) is 6. The third-order valence-corrected chi connectivity index (χ3v) is 4.36. The van der Waals surface area contributed by atoms with Gasteiger partial charge >= 0.3 is 6.09 Å². The minimum absolute atomic E-state index is 0.0340. The molecule has 0 bridgehead atoms. The number of piperidine rings is 1. The molecule has 1 saturated heterocycles. The molecule has 0 saturated carbocycles. The molecule has 1 fully saturated rings. The Morgan fingerprint density at radius 1 is 1.48 bits per heavy atom. The summed E-state index contributed by atoms with van der Waals surface area (Å²) in [5.74, 6) is 0.0340. The molecule has 2 unspecified atom stereocenters. The van der Waals surface area contributed by atoms with Crippen molar-refractivity contribution in [1.29, 1.82) is 5.53 Å². The highest BCUT2D eigenvalue weighted by Crippen LogP contribution is 2.35. The largest absolute Gasteiger partial charge is 0.444 e. The number of rotatable bonds is 3. The van der Waals surface area contributed by atoms with E-state index in [-0.39, 0.29) is 12.0 Å². The number of H-pyrrole nitrogens is 1. The van der Waals surface area contributed by atoms with Crippen LogP contribution in [0.2, 0.25) is 0 Å². The Labute approximate surface area is 146 Å². The summed E-state index contributed by atoms with van der Waals surface area (Å²) < 4.78 is 5.48. The topological polar surface area (TPSA) is 107 Å². The molecule has 0 spiro atoms. The van der Waals surface area contributed by atoms with Gasteiger partial charge in [0.25, 0.3) is 0 Å². The van der Waals surface area contributed by atoms with Gasteiger partial charge in [-0.25, -0.2) is 20.3 Å². The summed E-state index contributed by atoms with van der Waals surface area (Å²) in [6.45, 7) is 6.75. The number of nitrogens with one attached hydrogen (secondary N) is 2. The maximum atomic E-state index is 12.4. The molecule has 0 radical (unpaired) electrons. The number of likely N-dealkylation sites (tertiary alicyclic amines) is 1. The van der Waals surface area contributed by atoms with Crippen LogP contribution in [0.1, 0.15) is 45.3 Å². The van der Waals surface area contributed by atoms with Crippen molar-refractivity contribution >= 4 is 17.1 Å². The average molecular weight is 344 g/mol. The van der Waals surface area contributed by atoms with Crippen LogP contribution in [0.4, 0.5) is 4.79 Å². The molecule has 25 heavy (non-hydrogen) atoms. The summed E-state index contributed by atoms with van der Waals surface area (Å²) >= 11 is 0. The van der Waals surface area contributed by atoms with E-state index >= 15 is 0 Å². The summed E-state index contributed by atoms with van der Waals surface area (Å²) in [6, 6.07) is 1.50. The van der Waals surface area contributed by atoms with E-state index in [1.807, 2.05) is 26.8 Å². The van der Waals surface area contributed by atoms with Gasteiger partial charge in [0.15, 0.2) is 0 Å². The zero-order chi connectivity index (χ0) is 18.0. The van der Waals surface area contributed by atoms with E-state index in [4.69, 9.17) is 10.3 Å². The molecule has 2 aromatic rings. The minimum atomic E-state index is -0.521. The van der Waals surface area contributed by atoms with Crippen molar-refractivity contribution in [1.82, 2.24) is 19.9 Å². The van der Waals surface area contributed by atoms with Crippen LogP contribution in [0.15, 0.2) is 23.7 Å². The van der Waals surface area contributed by atoms with Gasteiger partial charge in [-0.15, -0.1) is 0 Å². The quantitative estimate of drug-likeness (QED) is 0.828. The fourth-order valence-electron chi connectivity index (χ4n) is 3.28. The van der Waals surface area contributed by atoms with Crippen LogP contribution in [0.3, 0.4) is 0 Å². The standard InChI is InChI=1S/C17H24N6O2/c1-17(2,3)25-16(24)23-8-4-5-11(9-23)13(22-18)14-12-6-7-19-15(12)21-10-20-14/h6-7,10-11,13,18H,4-5,8-9H2,1-3H3,(H,19,20,21). The predicted molar refractivity (Wildman–Crippen MR) is 92.3 cm³/mol. The van der Waals surface area contributed by atoms with E-state index in [1.165, 1.54) is 6.33 Å². The highest BCUT2D eigenvalue weighted by Gasteiger charge is 2.34. The normalized spacial score (nSPS) is 19.6. The zero-order valence-corrected chi connectivity index (χ0v) is 14.8. The van der Waals surface area contributed by atoms with Crippen LogP contribution in [0.25, 0.3) is 11.0 Å². The van der Waals surface area contributed by atoms with Crippen molar-refractivity contribution in [3.63, 3.8) is 0 Å². The maximum absolute atomic E-state index is 12.4. The Hall–Kier alpha value is -2.51. The number of carbonyl (C=O) groups excluding carboxylic acids is 1. The summed E-state index contributed by atoms with van der Waals surface area (Å²) in [5, 5.41) is 4.72. The molecule has 1 amide bonds. The third kappa shape index (κ3) is 3.78. The predicted octanol–water partition coefficient (Wildman–Crippen LogP) is 3.68. The average Bonchev–Trinajstić information content (AvgIpc) is 3.04. The van der Waals surface area contributed by atoms with Crippen molar-refractivity contribution in [3.8, 4) is 0 Å². The molecule has 0 aliphatic carbocycles. The Morgan fingerprint density at radius 3 is 3.00 bits per heavy atom. The molecule has 1 aliphatic heterocycles. The molecule has 2 aromatic heterocycles. The van der Waals surface area contributed by atoms with Crippen LogP contribution in [0.5, 0.6) is 0 Å². The van der Waals surface area contributed by atoms with Crippen LogP contribution in [-0.4, -0.2) is 44.6 Å². The fraction of sp³-hybridized carbons (Fsp3) is 0.588. The Morgan fingerprint density at radius 2 is 2.28 bits per heavy atom. The summed E-state index contributed by atoms with van der Waals surface area (Å²) in [5.41, 5.74) is 8.65. The minimum Gasteiger partial charge on any atom is -0.444 e. The molecular weight excluding hydrogens is 320 g/mol. The number of aromatic nitrogens is 3. The van der Waals surface area contributed by atoms with Crippen LogP contribution >= 0.6 is 0 Å². The molecular formula is C17H24N6O2. The van der Waals surface area contributed by atoms with Crippen LogP contribution in [0, 0.1) is 11.4 Å². The van der Waals surface area contributed by atoms with E-state index < -0.39 is 11.6 Å². The van der Waals surface area contributed by atoms with Crippen LogP contribution < -0.4 is 0 Å². The van der Waals surface area contributed by atoms with Crippen molar-refractivity contribution in [2.45, 2.75) is 45.3 Å². The molecule has 2 N–H and O–H groups in total. The number of aromatic amines is 1. The number of fused-ring (bicyclic) bond motifs is 1. The van der Waals surface area contributed by atoms with Crippen molar-refractivity contribution in [2.75, 3.05) is 13.1 Å². The van der Waals surface area contributed by atoms with E-state index in [2.05, 4.69) is 20.1 Å². The Kier molecular flexibility index (Phi) is 4.69. The first kappa shape index (κ1) is 17.3. The zero-order valence-electron chi connectivity index (χ0n) is 14.8. The van der Waals surface area contributed by atoms with Gasteiger partial charge in [-0.2, -0.15) is 5.11 Å². The molecule has 3 heterocycles. The molecule has 3 rings (SSSR count). The number of carbonyl (C=O) groups is 1. The molecule has 2 atom stereocenters. The summed E-state index contributed by atoms with van der Waals surface area (Å²) in [7, 11) is 0. The first-order chi connectivity index (χ1) is 11.9. The number of ether oxygens (including phenoxy) is 1. The molecule has 0 aromatic carbocycles. The molecule has 134 valence electrons. The second-order valence-electron chi connectivity index (χ2n) is 7.40. The monoisotopic (exact) mass is 344 g/mol. The van der Waals surface area contributed by atoms with Crippen molar-refractivity contribution in [3.05, 3.63) is 24.3 Å². The maximum Gasteiger partial charge on any atom is 0.410 e. The third-order valence-electron chi connectivity index (χ3n) is 4.36. The van der Waals surface area contributed by atoms with Gasteiger partial charge in [-0.3, -0.25) is 0 Å². The second-order valence-corrected chi connectivity index (χ2v) is 7.40. The highest BCUT2D eigenvalue weighted by atomic mass is 16.6. The first-order valence-corrected chi connectivity index (χ1v) is 8.51. The lowest BCUT2D eigenvalue weighted by molar-refractivity contribution is 0.0150. The second kappa shape index (κ2) is 6.78. The van der Waals surface area contributed by atoms with Crippen molar-refractivity contribution < 1.29 is 9.53 Å². The Balaban J connectivity index is 1.80. The van der Waals surface area contributed by atoms with E-state index in [0.717, 1.165) is 29.6 Å². The van der Waals surface area contributed by atoms with Crippen molar-refractivity contribution in [2.24, 2.45) is 11.0 Å². The molecule has 1 aliphatic rings. The number of hydrogen-bond donors (Lipinski definition) is 2. The highest BCUT2D eigenvalue weighted by molar-refractivity contribution is 5.78. The summed E-state index contributed by atoms with van der Waals surface area (Å²) in [4.78, 5) is 25.7. The van der Waals surface area contributed by atoms with Gasteiger partial charge in [0.05, 0.1) is 5.69 Å². The lowest BCUT2D eigenvalue weighted by Crippen LogP contribution is -2.44. The smallest absolute Gasteiger partial charge is 0.410 e. The van der Waals surface area contributed by atoms with Gasteiger partial charge in [-0.1, -0.05) is 0 Å². The first-order valence-electron chi connectivity index (χ1n) is 8.51. The lowest BCUT2D eigenvalue weighted by Gasteiger charge is -2.35. The van der Waals surface area contributed by atoms with Gasteiger partial charge in [0.2, 0.25) is 0 Å². The van der Waals surface area contributed by atoms with Gasteiger partial charge in [0, 0.05) is 30.6 Å². The van der Waals surface area contributed by atoms with Crippen LogP contribution in [-0.2, 0) is 4.74 Å². The van der Waals surface area contributed by atoms with Gasteiger partial charge in [0.1, 0.15) is 23.6 Å². The lowest BCUT2D eigenvalue weighted by atomic mass is 9.88. The van der Waals surface area contributed by atoms with E-state index in [0.29, 0.717) is 13.1 Å². The summed E-state index contributed by atoms with van der Waals surface area (Å²) in [6.07, 6.45) is 4.73.